The lowest BCUT2D eigenvalue weighted by Gasteiger charge is -2.36. The van der Waals surface area contributed by atoms with Crippen molar-refractivity contribution in [3.8, 4) is 6.07 Å². The first-order valence-electron chi connectivity index (χ1n) is 6.21. The molecule has 0 aromatic heterocycles. The van der Waals surface area contributed by atoms with E-state index < -0.39 is 5.41 Å². The Kier molecular flexibility index (Phi) is 3.96. The number of nitrogens with one attached hydrogen (secondary N) is 2. The first-order chi connectivity index (χ1) is 8.79. The van der Waals surface area contributed by atoms with Gasteiger partial charge in [0.25, 0.3) is 0 Å². The molecule has 0 bridgehead atoms. The van der Waals surface area contributed by atoms with Gasteiger partial charge in [0.1, 0.15) is 6.54 Å². The maximum Gasteiger partial charge on any atom is 0.231 e. The number of rotatable bonds is 3. The largest absolute Gasteiger partial charge is 0.342 e. The van der Waals surface area contributed by atoms with Gasteiger partial charge >= 0.3 is 0 Å². The maximum absolute atomic E-state index is 12.4. The van der Waals surface area contributed by atoms with E-state index in [1.807, 2.05) is 36.4 Å². The summed E-state index contributed by atoms with van der Waals surface area (Å²) in [5.41, 5.74) is 0.561. The van der Waals surface area contributed by atoms with Crippen molar-refractivity contribution >= 4 is 5.91 Å². The molecule has 1 aliphatic heterocycles. The number of piperidine rings is 1. The van der Waals surface area contributed by atoms with Crippen molar-refractivity contribution in [1.82, 2.24) is 10.6 Å². The minimum absolute atomic E-state index is 0.0308. The van der Waals surface area contributed by atoms with Gasteiger partial charge in [0.05, 0.1) is 11.5 Å². The van der Waals surface area contributed by atoms with E-state index >= 15 is 0 Å². The number of carbonyl (C=O) groups excluding carboxylic acids is 1. The van der Waals surface area contributed by atoms with Crippen LogP contribution in [0.1, 0.15) is 18.4 Å². The molecule has 18 heavy (non-hydrogen) atoms. The summed E-state index contributed by atoms with van der Waals surface area (Å²) in [7, 11) is 0. The Hall–Kier alpha value is -1.86. The summed E-state index contributed by atoms with van der Waals surface area (Å²) in [6.07, 6.45) is 1.54. The standard InChI is InChI=1S/C14H17N3O/c15-8-11-17-13(18)14(6-9-16-10-7-14)12-4-2-1-3-5-12/h1-5,16H,6-7,9-11H2,(H,17,18). The van der Waals surface area contributed by atoms with Crippen molar-refractivity contribution in [2.45, 2.75) is 18.3 Å². The topological polar surface area (TPSA) is 64.9 Å². The van der Waals surface area contributed by atoms with Crippen LogP contribution in [-0.2, 0) is 10.2 Å². The second-order valence-electron chi connectivity index (χ2n) is 4.54. The predicted molar refractivity (Wildman–Crippen MR) is 68.8 cm³/mol. The lowest BCUT2D eigenvalue weighted by Crippen LogP contribution is -2.50. The van der Waals surface area contributed by atoms with Gasteiger partial charge in [0.2, 0.25) is 5.91 Å². The predicted octanol–water partition coefficient (Wildman–Crippen LogP) is 0.948. The lowest BCUT2D eigenvalue weighted by molar-refractivity contribution is -0.127. The van der Waals surface area contributed by atoms with Crippen LogP contribution in [0.5, 0.6) is 0 Å². The van der Waals surface area contributed by atoms with Crippen molar-refractivity contribution in [2.24, 2.45) is 0 Å². The van der Waals surface area contributed by atoms with Gasteiger partial charge in [-0.05, 0) is 31.5 Å². The van der Waals surface area contributed by atoms with Gasteiger partial charge in [-0.15, -0.1) is 0 Å². The third-order valence-electron chi connectivity index (χ3n) is 3.55. The molecular formula is C14H17N3O. The van der Waals surface area contributed by atoms with E-state index in [4.69, 9.17) is 5.26 Å². The van der Waals surface area contributed by atoms with Gasteiger partial charge in [-0.2, -0.15) is 5.26 Å². The molecule has 4 nitrogen and oxygen atoms in total. The minimum atomic E-state index is -0.483. The Morgan fingerprint density at radius 1 is 1.33 bits per heavy atom. The summed E-state index contributed by atoms with van der Waals surface area (Å²) in [6.45, 7) is 1.73. The molecule has 2 rings (SSSR count). The number of amides is 1. The molecule has 0 saturated carbocycles. The number of nitrogens with zero attached hydrogens (tertiary/aromatic N) is 1. The monoisotopic (exact) mass is 243 g/mol. The van der Waals surface area contributed by atoms with Crippen LogP contribution in [0.4, 0.5) is 0 Å². The van der Waals surface area contributed by atoms with Gasteiger partial charge in [-0.1, -0.05) is 30.3 Å². The minimum Gasteiger partial charge on any atom is -0.342 e. The Labute approximate surface area is 107 Å². The molecule has 1 aromatic carbocycles. The maximum atomic E-state index is 12.4. The van der Waals surface area contributed by atoms with Crippen molar-refractivity contribution in [1.29, 1.82) is 5.26 Å². The summed E-state index contributed by atoms with van der Waals surface area (Å²) < 4.78 is 0. The van der Waals surface area contributed by atoms with E-state index in [0.717, 1.165) is 31.5 Å². The van der Waals surface area contributed by atoms with Gasteiger partial charge in [0, 0.05) is 0 Å². The molecule has 1 amide bonds. The van der Waals surface area contributed by atoms with Crippen LogP contribution in [0, 0.1) is 11.3 Å². The molecule has 1 heterocycles. The van der Waals surface area contributed by atoms with Gasteiger partial charge in [0.15, 0.2) is 0 Å². The molecule has 4 heteroatoms. The van der Waals surface area contributed by atoms with E-state index in [1.165, 1.54) is 0 Å². The highest BCUT2D eigenvalue weighted by atomic mass is 16.2. The smallest absolute Gasteiger partial charge is 0.231 e. The van der Waals surface area contributed by atoms with E-state index in [0.29, 0.717) is 0 Å². The molecule has 1 aromatic rings. The normalized spacial score (nSPS) is 17.7. The summed E-state index contributed by atoms with van der Waals surface area (Å²) >= 11 is 0. The zero-order chi connectivity index (χ0) is 12.8. The lowest BCUT2D eigenvalue weighted by atomic mass is 9.72. The Morgan fingerprint density at radius 2 is 2.00 bits per heavy atom. The molecule has 0 aliphatic carbocycles. The molecular weight excluding hydrogens is 226 g/mol. The number of benzene rings is 1. The molecule has 2 N–H and O–H groups in total. The summed E-state index contributed by atoms with van der Waals surface area (Å²) in [5, 5.41) is 14.6. The van der Waals surface area contributed by atoms with E-state index in [2.05, 4.69) is 10.6 Å². The molecule has 1 saturated heterocycles. The van der Waals surface area contributed by atoms with Crippen LogP contribution in [-0.4, -0.2) is 25.5 Å². The van der Waals surface area contributed by atoms with Crippen LogP contribution in [0.3, 0.4) is 0 Å². The highest BCUT2D eigenvalue weighted by Gasteiger charge is 2.40. The number of hydrogen-bond acceptors (Lipinski definition) is 3. The molecule has 0 spiro atoms. The van der Waals surface area contributed by atoms with Gasteiger partial charge in [-0.3, -0.25) is 4.79 Å². The summed E-state index contributed by atoms with van der Waals surface area (Å²) in [6, 6.07) is 11.8. The zero-order valence-electron chi connectivity index (χ0n) is 10.3. The van der Waals surface area contributed by atoms with E-state index in [1.54, 1.807) is 0 Å². The third kappa shape index (κ3) is 2.36. The third-order valence-corrected chi connectivity index (χ3v) is 3.55. The Bertz CT molecular complexity index is 444. The first kappa shape index (κ1) is 12.6. The fourth-order valence-corrected chi connectivity index (χ4v) is 2.55. The number of nitriles is 1. The van der Waals surface area contributed by atoms with Gasteiger partial charge in [-0.25, -0.2) is 0 Å². The highest BCUT2D eigenvalue weighted by molar-refractivity contribution is 5.88. The van der Waals surface area contributed by atoms with Crippen LogP contribution in [0.25, 0.3) is 0 Å². The van der Waals surface area contributed by atoms with Crippen molar-refractivity contribution in [2.75, 3.05) is 19.6 Å². The highest BCUT2D eigenvalue weighted by Crippen LogP contribution is 2.33. The van der Waals surface area contributed by atoms with Crippen LogP contribution >= 0.6 is 0 Å². The average molecular weight is 243 g/mol. The number of carbonyl (C=O) groups is 1. The fourth-order valence-electron chi connectivity index (χ4n) is 2.55. The van der Waals surface area contributed by atoms with Gasteiger partial charge < -0.3 is 10.6 Å². The van der Waals surface area contributed by atoms with Crippen LogP contribution < -0.4 is 10.6 Å². The van der Waals surface area contributed by atoms with E-state index in [-0.39, 0.29) is 12.5 Å². The van der Waals surface area contributed by atoms with E-state index in [9.17, 15) is 4.79 Å². The Balaban J connectivity index is 2.29. The van der Waals surface area contributed by atoms with Crippen molar-refractivity contribution in [3.05, 3.63) is 35.9 Å². The van der Waals surface area contributed by atoms with Crippen molar-refractivity contribution in [3.63, 3.8) is 0 Å². The fraction of sp³-hybridized carbons (Fsp3) is 0.429. The van der Waals surface area contributed by atoms with Crippen LogP contribution in [0.15, 0.2) is 30.3 Å². The SMILES string of the molecule is N#CCNC(=O)C1(c2ccccc2)CCNCC1. The average Bonchev–Trinajstić information content (AvgIpc) is 2.46. The molecule has 0 unspecified atom stereocenters. The first-order valence-corrected chi connectivity index (χ1v) is 6.21. The Morgan fingerprint density at radius 3 is 2.61 bits per heavy atom. The summed E-state index contributed by atoms with van der Waals surface area (Å²) in [4.78, 5) is 12.4. The van der Waals surface area contributed by atoms with Crippen molar-refractivity contribution < 1.29 is 4.79 Å². The number of hydrogen-bond donors (Lipinski definition) is 2. The molecule has 0 atom stereocenters. The summed E-state index contributed by atoms with van der Waals surface area (Å²) in [5.74, 6) is -0.0308. The molecule has 1 aliphatic rings. The van der Waals surface area contributed by atoms with Crippen LogP contribution in [0.2, 0.25) is 0 Å². The molecule has 94 valence electrons. The second-order valence-corrected chi connectivity index (χ2v) is 4.54. The zero-order valence-corrected chi connectivity index (χ0v) is 10.3. The quantitative estimate of drug-likeness (QED) is 0.777. The second kappa shape index (κ2) is 5.65. The molecule has 0 radical (unpaired) electrons. The molecule has 1 fully saturated rings.